The average Bonchev–Trinajstić information content (AvgIpc) is 2.39. The Morgan fingerprint density at radius 2 is 2.22 bits per heavy atom. The third-order valence-electron chi connectivity index (χ3n) is 3.70. The van der Waals surface area contributed by atoms with E-state index in [4.69, 9.17) is 0 Å². The van der Waals surface area contributed by atoms with Gasteiger partial charge in [-0.15, -0.1) is 0 Å². The maximum Gasteiger partial charge on any atom is 0.150 e. The van der Waals surface area contributed by atoms with E-state index in [-0.39, 0.29) is 5.82 Å². The molecule has 1 atom stereocenters. The second-order valence-corrected chi connectivity index (χ2v) is 4.82. The van der Waals surface area contributed by atoms with Gasteiger partial charge < -0.3 is 4.90 Å². The van der Waals surface area contributed by atoms with Crippen molar-refractivity contribution in [3.8, 4) is 0 Å². The van der Waals surface area contributed by atoms with E-state index in [1.165, 1.54) is 6.07 Å². The number of likely N-dealkylation sites (N-methyl/N-ethyl adjacent to an activating group) is 1. The number of halogens is 1. The zero-order chi connectivity index (χ0) is 13.1. The Kier molecular flexibility index (Phi) is 3.97. The summed E-state index contributed by atoms with van der Waals surface area (Å²) in [5.41, 5.74) is 0.990. The van der Waals surface area contributed by atoms with Gasteiger partial charge in [-0.3, -0.25) is 9.69 Å². The molecule has 0 radical (unpaired) electrons. The van der Waals surface area contributed by atoms with Gasteiger partial charge in [-0.2, -0.15) is 0 Å². The Morgan fingerprint density at radius 3 is 2.83 bits per heavy atom. The van der Waals surface area contributed by atoms with E-state index in [0.29, 0.717) is 23.6 Å². The van der Waals surface area contributed by atoms with Crippen molar-refractivity contribution in [1.29, 1.82) is 0 Å². The molecule has 0 spiro atoms. The van der Waals surface area contributed by atoms with Gasteiger partial charge in [0, 0.05) is 31.2 Å². The molecule has 3 nitrogen and oxygen atoms in total. The summed E-state index contributed by atoms with van der Waals surface area (Å²) in [6.45, 7) is 4.75. The largest absolute Gasteiger partial charge is 0.366 e. The Hall–Kier alpha value is -1.42. The highest BCUT2D eigenvalue weighted by molar-refractivity contribution is 5.76. The molecule has 2 rings (SSSR count). The van der Waals surface area contributed by atoms with Gasteiger partial charge in [0.05, 0.1) is 5.69 Å². The fourth-order valence-corrected chi connectivity index (χ4v) is 2.46. The van der Waals surface area contributed by atoms with Gasteiger partial charge in [0.15, 0.2) is 0 Å². The minimum absolute atomic E-state index is 0.306. The van der Waals surface area contributed by atoms with Crippen molar-refractivity contribution in [3.05, 3.63) is 29.6 Å². The highest BCUT2D eigenvalue weighted by atomic mass is 19.1. The number of piperazine rings is 1. The Labute approximate surface area is 107 Å². The Morgan fingerprint density at radius 1 is 1.44 bits per heavy atom. The number of benzene rings is 1. The van der Waals surface area contributed by atoms with Gasteiger partial charge >= 0.3 is 0 Å². The molecular formula is C14H19FN2O. The second-order valence-electron chi connectivity index (χ2n) is 4.82. The number of hydrogen-bond donors (Lipinski definition) is 0. The third kappa shape index (κ3) is 2.53. The van der Waals surface area contributed by atoms with Gasteiger partial charge in [0.2, 0.25) is 0 Å². The molecule has 0 amide bonds. The first kappa shape index (κ1) is 13.0. The van der Waals surface area contributed by atoms with Crippen LogP contribution < -0.4 is 4.90 Å². The predicted molar refractivity (Wildman–Crippen MR) is 70.7 cm³/mol. The number of carbonyl (C=O) groups is 1. The van der Waals surface area contributed by atoms with Crippen LogP contribution in [0.3, 0.4) is 0 Å². The van der Waals surface area contributed by atoms with Gasteiger partial charge in [-0.1, -0.05) is 6.92 Å². The number of nitrogens with zero attached hydrogens (tertiary/aromatic N) is 2. The summed E-state index contributed by atoms with van der Waals surface area (Å²) < 4.78 is 13.9. The smallest absolute Gasteiger partial charge is 0.150 e. The molecule has 98 valence electrons. The average molecular weight is 250 g/mol. The number of rotatable bonds is 3. The fourth-order valence-electron chi connectivity index (χ4n) is 2.46. The van der Waals surface area contributed by atoms with E-state index < -0.39 is 0 Å². The maximum atomic E-state index is 13.9. The molecular weight excluding hydrogens is 231 g/mol. The van der Waals surface area contributed by atoms with Crippen LogP contribution in [-0.4, -0.2) is 43.9 Å². The van der Waals surface area contributed by atoms with Crippen molar-refractivity contribution >= 4 is 12.0 Å². The van der Waals surface area contributed by atoms with Crippen molar-refractivity contribution in [2.45, 2.75) is 19.4 Å². The Balaban J connectivity index is 2.19. The highest BCUT2D eigenvalue weighted by Crippen LogP contribution is 2.23. The lowest BCUT2D eigenvalue weighted by atomic mass is 10.1. The Bertz CT molecular complexity index is 436. The third-order valence-corrected chi connectivity index (χ3v) is 3.70. The van der Waals surface area contributed by atoms with Crippen LogP contribution in [0.1, 0.15) is 23.7 Å². The molecule has 1 aromatic rings. The molecule has 0 aromatic heterocycles. The summed E-state index contributed by atoms with van der Waals surface area (Å²) >= 11 is 0. The SMILES string of the molecule is CCC1CN(c2ccc(C=O)cc2F)CCN1C. The van der Waals surface area contributed by atoms with Crippen molar-refractivity contribution in [1.82, 2.24) is 4.90 Å². The molecule has 0 aliphatic carbocycles. The lowest BCUT2D eigenvalue weighted by Gasteiger charge is -2.40. The van der Waals surface area contributed by atoms with Crippen molar-refractivity contribution in [2.24, 2.45) is 0 Å². The second kappa shape index (κ2) is 5.48. The zero-order valence-electron chi connectivity index (χ0n) is 10.9. The number of hydrogen-bond acceptors (Lipinski definition) is 3. The van der Waals surface area contributed by atoms with Gasteiger partial charge in [-0.05, 0) is 31.7 Å². The van der Waals surface area contributed by atoms with Crippen LogP contribution in [0, 0.1) is 5.82 Å². The molecule has 1 aliphatic rings. The normalized spacial score (nSPS) is 21.1. The first-order valence-corrected chi connectivity index (χ1v) is 6.35. The van der Waals surface area contributed by atoms with E-state index in [1.54, 1.807) is 12.1 Å². The van der Waals surface area contributed by atoms with Crippen LogP contribution in [0.4, 0.5) is 10.1 Å². The quantitative estimate of drug-likeness (QED) is 0.768. The molecule has 1 heterocycles. The molecule has 1 unspecified atom stereocenters. The molecule has 4 heteroatoms. The minimum atomic E-state index is -0.306. The summed E-state index contributed by atoms with van der Waals surface area (Å²) in [4.78, 5) is 15.0. The van der Waals surface area contributed by atoms with Crippen LogP contribution in [0.15, 0.2) is 18.2 Å². The van der Waals surface area contributed by atoms with E-state index in [0.717, 1.165) is 26.1 Å². The lowest BCUT2D eigenvalue weighted by Crippen LogP contribution is -2.51. The monoisotopic (exact) mass is 250 g/mol. The zero-order valence-corrected chi connectivity index (χ0v) is 10.9. The van der Waals surface area contributed by atoms with Crippen LogP contribution in [-0.2, 0) is 0 Å². The summed E-state index contributed by atoms with van der Waals surface area (Å²) in [6.07, 6.45) is 1.73. The molecule has 1 fully saturated rings. The van der Waals surface area contributed by atoms with E-state index in [1.807, 2.05) is 0 Å². The molecule has 18 heavy (non-hydrogen) atoms. The highest BCUT2D eigenvalue weighted by Gasteiger charge is 2.24. The van der Waals surface area contributed by atoms with E-state index >= 15 is 0 Å². The van der Waals surface area contributed by atoms with Crippen LogP contribution in [0.25, 0.3) is 0 Å². The van der Waals surface area contributed by atoms with E-state index in [2.05, 4.69) is 23.8 Å². The van der Waals surface area contributed by atoms with Crippen molar-refractivity contribution in [2.75, 3.05) is 31.6 Å². The number of aldehydes is 1. The summed E-state index contributed by atoms with van der Waals surface area (Å²) in [7, 11) is 2.11. The van der Waals surface area contributed by atoms with Crippen LogP contribution in [0.5, 0.6) is 0 Å². The fraction of sp³-hybridized carbons (Fsp3) is 0.500. The van der Waals surface area contributed by atoms with E-state index in [9.17, 15) is 9.18 Å². The standard InChI is InChI=1S/C14H19FN2O/c1-3-12-9-17(7-6-16(12)2)14-5-4-11(10-18)8-13(14)15/h4-5,8,10,12H,3,6-7,9H2,1-2H3. The minimum Gasteiger partial charge on any atom is -0.366 e. The van der Waals surface area contributed by atoms with Gasteiger partial charge in [0.25, 0.3) is 0 Å². The summed E-state index contributed by atoms with van der Waals surface area (Å²) in [5, 5.41) is 0. The first-order chi connectivity index (χ1) is 8.65. The van der Waals surface area contributed by atoms with Crippen LogP contribution in [0.2, 0.25) is 0 Å². The molecule has 0 N–H and O–H groups in total. The lowest BCUT2D eigenvalue weighted by molar-refractivity contribution is 0.112. The maximum absolute atomic E-state index is 13.9. The molecule has 1 saturated heterocycles. The first-order valence-electron chi connectivity index (χ1n) is 6.35. The molecule has 0 saturated carbocycles. The summed E-state index contributed by atoms with van der Waals surface area (Å²) in [5.74, 6) is -0.306. The summed E-state index contributed by atoms with van der Waals surface area (Å²) in [6, 6.07) is 5.15. The van der Waals surface area contributed by atoms with Crippen LogP contribution >= 0.6 is 0 Å². The van der Waals surface area contributed by atoms with Crippen molar-refractivity contribution < 1.29 is 9.18 Å². The van der Waals surface area contributed by atoms with Gasteiger partial charge in [0.1, 0.15) is 12.1 Å². The predicted octanol–water partition coefficient (Wildman–Crippen LogP) is 2.17. The van der Waals surface area contributed by atoms with Gasteiger partial charge in [-0.25, -0.2) is 4.39 Å². The molecule has 1 aliphatic heterocycles. The number of anilines is 1. The topological polar surface area (TPSA) is 23.6 Å². The van der Waals surface area contributed by atoms with Crippen molar-refractivity contribution in [3.63, 3.8) is 0 Å². The molecule has 1 aromatic carbocycles. The number of carbonyl (C=O) groups excluding carboxylic acids is 1. The molecule has 0 bridgehead atoms.